The minimum absolute atomic E-state index is 0.160. The predicted molar refractivity (Wildman–Crippen MR) is 79.0 cm³/mol. The van der Waals surface area contributed by atoms with E-state index in [9.17, 15) is 27.2 Å². The minimum Gasteiger partial charge on any atom is -0.382 e. The number of hydrogen-bond donors (Lipinski definition) is 3. The summed E-state index contributed by atoms with van der Waals surface area (Å²) in [5.74, 6) is -2.14. The number of ether oxygens (including phenoxy) is 2. The van der Waals surface area contributed by atoms with Crippen molar-refractivity contribution in [2.24, 2.45) is 0 Å². The number of alkyl halides is 3. The maximum absolute atomic E-state index is 13.1. The third kappa shape index (κ3) is 6.93. The first kappa shape index (κ1) is 20.6. The Hall–Kier alpha value is -2.40. The zero-order valence-corrected chi connectivity index (χ0v) is 13.4. The first-order chi connectivity index (χ1) is 11.6. The Balaban J connectivity index is 2.53. The number of carbonyl (C=O) groups excluding carboxylic acids is 2. The van der Waals surface area contributed by atoms with E-state index >= 15 is 0 Å². The van der Waals surface area contributed by atoms with E-state index in [4.69, 9.17) is 9.47 Å². The lowest BCUT2D eigenvalue weighted by molar-refractivity contribution is -0.140. The van der Waals surface area contributed by atoms with Crippen LogP contribution in [0, 0.1) is 5.82 Å². The van der Waals surface area contributed by atoms with Crippen LogP contribution in [0.4, 0.5) is 28.0 Å². The molecule has 0 fully saturated rings. The fourth-order valence-corrected chi connectivity index (χ4v) is 1.59. The van der Waals surface area contributed by atoms with E-state index in [1.807, 2.05) is 16.2 Å². The van der Waals surface area contributed by atoms with Gasteiger partial charge in [0, 0.05) is 12.8 Å². The number of nitrogens with one attached hydrogen (secondary N) is 3. The Morgan fingerprint density at radius 2 is 1.88 bits per heavy atom. The van der Waals surface area contributed by atoms with E-state index in [0.29, 0.717) is 12.1 Å². The zero-order valence-electron chi connectivity index (χ0n) is 13.4. The molecule has 140 valence electrons. The molecule has 0 aliphatic rings. The number of halogens is 4. The average Bonchev–Trinajstić information content (AvgIpc) is 2.53. The van der Waals surface area contributed by atoms with Gasteiger partial charge in [-0.3, -0.25) is 10.2 Å². The summed E-state index contributed by atoms with van der Waals surface area (Å²) >= 11 is 0. The molecule has 25 heavy (non-hydrogen) atoms. The van der Waals surface area contributed by atoms with Crippen LogP contribution in [-0.4, -0.2) is 38.4 Å². The van der Waals surface area contributed by atoms with Crippen LogP contribution in [0.2, 0.25) is 0 Å². The van der Waals surface area contributed by atoms with E-state index in [0.717, 1.165) is 6.07 Å². The molecule has 3 N–H and O–H groups in total. The summed E-state index contributed by atoms with van der Waals surface area (Å²) in [6, 6.07) is 0.940. The van der Waals surface area contributed by atoms with Crippen molar-refractivity contribution in [2.75, 3.05) is 25.6 Å². The van der Waals surface area contributed by atoms with Gasteiger partial charge in [-0.05, 0) is 25.1 Å². The van der Waals surface area contributed by atoms with Crippen molar-refractivity contribution in [1.82, 2.24) is 10.9 Å². The summed E-state index contributed by atoms with van der Waals surface area (Å²) in [6.07, 6.45) is -5.79. The fourth-order valence-electron chi connectivity index (χ4n) is 1.59. The molecule has 0 unspecified atom stereocenters. The number of hydrazine groups is 1. The highest BCUT2D eigenvalue weighted by Gasteiger charge is 2.34. The van der Waals surface area contributed by atoms with E-state index < -0.39 is 35.6 Å². The Labute approximate surface area is 140 Å². The Morgan fingerprint density at radius 1 is 1.20 bits per heavy atom. The van der Waals surface area contributed by atoms with Crippen molar-refractivity contribution in [1.29, 1.82) is 0 Å². The van der Waals surface area contributed by atoms with Gasteiger partial charge in [-0.2, -0.15) is 13.2 Å². The van der Waals surface area contributed by atoms with Crippen LogP contribution in [-0.2, 0) is 20.4 Å². The molecule has 7 nitrogen and oxygen atoms in total. The number of benzene rings is 1. The van der Waals surface area contributed by atoms with Gasteiger partial charge in [-0.1, -0.05) is 0 Å². The highest BCUT2D eigenvalue weighted by Crippen LogP contribution is 2.32. The van der Waals surface area contributed by atoms with Gasteiger partial charge >= 0.3 is 12.2 Å². The van der Waals surface area contributed by atoms with Gasteiger partial charge in [0.05, 0.1) is 18.8 Å². The van der Waals surface area contributed by atoms with Crippen molar-refractivity contribution in [3.05, 3.63) is 29.6 Å². The molecule has 1 aromatic carbocycles. The van der Waals surface area contributed by atoms with Crippen molar-refractivity contribution in [3.8, 4) is 0 Å². The third-order valence-corrected chi connectivity index (χ3v) is 2.85. The molecule has 0 saturated carbocycles. The van der Waals surface area contributed by atoms with Crippen molar-refractivity contribution in [2.45, 2.75) is 19.2 Å². The molecule has 11 heteroatoms. The van der Waals surface area contributed by atoms with E-state index in [2.05, 4.69) is 0 Å². The van der Waals surface area contributed by atoms with E-state index in [1.165, 1.54) is 14.0 Å². The van der Waals surface area contributed by atoms with Gasteiger partial charge in [-0.25, -0.2) is 14.6 Å². The normalized spacial score (nSPS) is 12.4. The molecule has 0 aliphatic carbocycles. The second kappa shape index (κ2) is 9.18. The first-order valence-corrected chi connectivity index (χ1v) is 6.99. The SMILES string of the molecule is COCCO[C@@H](C)C(=O)NNC(=O)Nc1ccc(F)c(C(F)(F)F)c1. The summed E-state index contributed by atoms with van der Waals surface area (Å²) in [5.41, 5.74) is 2.14. The number of rotatable bonds is 6. The lowest BCUT2D eigenvalue weighted by atomic mass is 10.2. The summed E-state index contributed by atoms with van der Waals surface area (Å²) in [4.78, 5) is 23.2. The van der Waals surface area contributed by atoms with E-state index in [1.54, 1.807) is 0 Å². The molecule has 1 atom stereocenters. The Morgan fingerprint density at radius 3 is 2.48 bits per heavy atom. The van der Waals surface area contributed by atoms with Gasteiger partial charge in [0.1, 0.15) is 11.9 Å². The zero-order chi connectivity index (χ0) is 19.0. The molecular formula is C14H17F4N3O4. The largest absolute Gasteiger partial charge is 0.419 e. The summed E-state index contributed by atoms with van der Waals surface area (Å²) in [5, 5.41) is 2.04. The van der Waals surface area contributed by atoms with Crippen molar-refractivity contribution >= 4 is 17.6 Å². The number of hydrogen-bond acceptors (Lipinski definition) is 4. The molecule has 0 aliphatic heterocycles. The molecule has 3 amide bonds. The van der Waals surface area contributed by atoms with Crippen LogP contribution in [0.15, 0.2) is 18.2 Å². The second-order valence-corrected chi connectivity index (χ2v) is 4.77. The molecule has 0 aromatic heterocycles. The molecule has 1 aromatic rings. The lowest BCUT2D eigenvalue weighted by Gasteiger charge is -2.14. The molecule has 0 spiro atoms. The maximum Gasteiger partial charge on any atom is 0.419 e. The number of carbonyl (C=O) groups is 2. The number of urea groups is 1. The van der Waals surface area contributed by atoms with Gasteiger partial charge < -0.3 is 14.8 Å². The van der Waals surface area contributed by atoms with Crippen LogP contribution in [0.25, 0.3) is 0 Å². The number of amides is 3. The van der Waals surface area contributed by atoms with Gasteiger partial charge in [0.2, 0.25) is 0 Å². The minimum atomic E-state index is -4.90. The van der Waals surface area contributed by atoms with Gasteiger partial charge in [0.15, 0.2) is 0 Å². The van der Waals surface area contributed by atoms with Crippen molar-refractivity contribution < 1.29 is 36.6 Å². The average molecular weight is 367 g/mol. The molecule has 0 saturated heterocycles. The smallest absolute Gasteiger partial charge is 0.382 e. The van der Waals surface area contributed by atoms with E-state index in [-0.39, 0.29) is 18.9 Å². The lowest BCUT2D eigenvalue weighted by Crippen LogP contribution is -2.48. The van der Waals surface area contributed by atoms with Crippen LogP contribution in [0.5, 0.6) is 0 Å². The maximum atomic E-state index is 13.1. The Bertz CT molecular complexity index is 610. The van der Waals surface area contributed by atoms with Crippen molar-refractivity contribution in [3.63, 3.8) is 0 Å². The van der Waals surface area contributed by atoms with Crippen LogP contribution >= 0.6 is 0 Å². The molecule has 0 radical (unpaired) electrons. The van der Waals surface area contributed by atoms with Crippen LogP contribution in [0.1, 0.15) is 12.5 Å². The standard InChI is InChI=1S/C14H17F4N3O4/c1-8(25-6-5-24-2)12(22)20-21-13(23)19-9-3-4-11(15)10(7-9)14(16,17)18/h3-4,7-8H,5-6H2,1-2H3,(H,20,22)(H2,19,21,23)/t8-/m0/s1. The highest BCUT2D eigenvalue weighted by molar-refractivity contribution is 5.91. The number of methoxy groups -OCH3 is 1. The first-order valence-electron chi connectivity index (χ1n) is 6.99. The van der Waals surface area contributed by atoms with Crippen LogP contribution < -0.4 is 16.2 Å². The topological polar surface area (TPSA) is 88.7 Å². The van der Waals surface area contributed by atoms with Crippen LogP contribution in [0.3, 0.4) is 0 Å². The van der Waals surface area contributed by atoms with Gasteiger partial charge in [0.25, 0.3) is 5.91 Å². The van der Waals surface area contributed by atoms with Gasteiger partial charge in [-0.15, -0.1) is 0 Å². The predicted octanol–water partition coefficient (Wildman–Crippen LogP) is 2.05. The summed E-state index contributed by atoms with van der Waals surface area (Å²) in [6.45, 7) is 1.87. The third-order valence-electron chi connectivity index (χ3n) is 2.85. The highest BCUT2D eigenvalue weighted by atomic mass is 19.4. The fraction of sp³-hybridized carbons (Fsp3) is 0.429. The number of anilines is 1. The summed E-state index contributed by atoms with van der Waals surface area (Å²) in [7, 11) is 1.46. The quantitative estimate of drug-likeness (QED) is 0.408. The molecule has 1 rings (SSSR count). The Kier molecular flexibility index (Phi) is 7.58. The summed E-state index contributed by atoms with van der Waals surface area (Å²) < 4.78 is 60.7. The second-order valence-electron chi connectivity index (χ2n) is 4.77. The molecule has 0 bridgehead atoms. The monoisotopic (exact) mass is 367 g/mol. The molecule has 0 heterocycles. The molecular weight excluding hydrogens is 350 g/mol.